The van der Waals surface area contributed by atoms with Crippen LogP contribution in [0.3, 0.4) is 0 Å². The van der Waals surface area contributed by atoms with Crippen LogP contribution >= 0.6 is 0 Å². The van der Waals surface area contributed by atoms with Crippen LogP contribution in [0, 0.1) is 0 Å². The van der Waals surface area contributed by atoms with Gasteiger partial charge >= 0.3 is 0 Å². The van der Waals surface area contributed by atoms with Crippen LogP contribution in [-0.2, 0) is 4.79 Å². The van der Waals surface area contributed by atoms with Gasteiger partial charge in [0.1, 0.15) is 0 Å². The van der Waals surface area contributed by atoms with Crippen molar-refractivity contribution in [1.29, 1.82) is 0 Å². The Labute approximate surface area is 194 Å². The average molecular weight is 431 g/mol. The van der Waals surface area contributed by atoms with Crippen LogP contribution in [0.5, 0.6) is 0 Å². The molecule has 3 heteroatoms. The molecule has 0 N–H and O–H groups in total. The van der Waals surface area contributed by atoms with Crippen molar-refractivity contribution in [2.75, 3.05) is 36.0 Å². The van der Waals surface area contributed by atoms with Gasteiger partial charge in [0.2, 0.25) is 0 Å². The molecule has 1 aliphatic rings. The molecule has 170 valence electrons. The van der Waals surface area contributed by atoms with Crippen LogP contribution in [0.2, 0.25) is 0 Å². The molecule has 1 fully saturated rings. The van der Waals surface area contributed by atoms with Gasteiger partial charge in [0, 0.05) is 48.7 Å². The van der Waals surface area contributed by atoms with Gasteiger partial charge in [-0.1, -0.05) is 24.3 Å². The summed E-state index contributed by atoms with van der Waals surface area (Å²) in [5, 5.41) is 0. The molecule has 2 aromatic carbocycles. The van der Waals surface area contributed by atoms with E-state index < -0.39 is 0 Å². The highest BCUT2D eigenvalue weighted by atomic mass is 16.1. The summed E-state index contributed by atoms with van der Waals surface area (Å²) in [7, 11) is 0. The lowest BCUT2D eigenvalue weighted by Crippen LogP contribution is -2.21. The van der Waals surface area contributed by atoms with Crippen molar-refractivity contribution in [3.63, 3.8) is 0 Å². The van der Waals surface area contributed by atoms with Crippen LogP contribution in [-0.4, -0.2) is 32.0 Å². The molecule has 3 rings (SSSR count). The lowest BCUT2D eigenvalue weighted by Gasteiger charge is -2.21. The van der Waals surface area contributed by atoms with Gasteiger partial charge in [-0.05, 0) is 101 Å². The number of hydrogen-bond donors (Lipinski definition) is 0. The number of Topliss-reactive ketones (excluding diaryl/α,β-unsaturated/α-hetero) is 1. The number of anilines is 2. The Hall–Kier alpha value is -2.81. The summed E-state index contributed by atoms with van der Waals surface area (Å²) in [6.07, 6.45) is 8.03. The van der Waals surface area contributed by atoms with Gasteiger partial charge in [-0.2, -0.15) is 0 Å². The molecular weight excluding hydrogens is 392 g/mol. The summed E-state index contributed by atoms with van der Waals surface area (Å²) in [6.45, 7) is 12.7. The van der Waals surface area contributed by atoms with E-state index in [1.54, 1.807) is 0 Å². The third-order valence-electron chi connectivity index (χ3n) is 6.45. The predicted molar refractivity (Wildman–Crippen MR) is 139 cm³/mol. The summed E-state index contributed by atoms with van der Waals surface area (Å²) in [6, 6.07) is 17.2. The van der Waals surface area contributed by atoms with E-state index in [1.165, 1.54) is 11.4 Å². The first-order valence-corrected chi connectivity index (χ1v) is 12.2. The molecule has 3 nitrogen and oxygen atoms in total. The van der Waals surface area contributed by atoms with Crippen LogP contribution in [0.15, 0.2) is 59.7 Å². The molecule has 0 aliphatic heterocycles. The van der Waals surface area contributed by atoms with Gasteiger partial charge < -0.3 is 9.80 Å². The average Bonchev–Trinajstić information content (AvgIpc) is 2.99. The number of nitrogens with zero attached hydrogens (tertiary/aromatic N) is 2. The monoisotopic (exact) mass is 430 g/mol. The van der Waals surface area contributed by atoms with Gasteiger partial charge in [-0.15, -0.1) is 0 Å². The smallest absolute Gasteiger partial charge is 0.185 e. The fourth-order valence-corrected chi connectivity index (χ4v) is 4.48. The van der Waals surface area contributed by atoms with Crippen molar-refractivity contribution >= 4 is 29.3 Å². The highest BCUT2D eigenvalue weighted by Crippen LogP contribution is 2.28. The van der Waals surface area contributed by atoms with E-state index in [-0.39, 0.29) is 5.78 Å². The van der Waals surface area contributed by atoms with Crippen LogP contribution in [0.1, 0.15) is 64.5 Å². The second-order valence-corrected chi connectivity index (χ2v) is 8.40. The molecule has 0 unspecified atom stereocenters. The normalized spacial score (nSPS) is 16.9. The topological polar surface area (TPSA) is 23.6 Å². The molecule has 0 heterocycles. The fraction of sp³-hybridized carbons (Fsp3) is 0.414. The lowest BCUT2D eigenvalue weighted by molar-refractivity contribution is -0.112. The first-order chi connectivity index (χ1) is 15.6. The maximum Gasteiger partial charge on any atom is 0.185 e. The second-order valence-electron chi connectivity index (χ2n) is 8.40. The molecule has 1 aliphatic carbocycles. The Morgan fingerprint density at radius 3 is 1.28 bits per heavy atom. The molecule has 32 heavy (non-hydrogen) atoms. The predicted octanol–water partition coefficient (Wildman–Crippen LogP) is 6.99. The minimum Gasteiger partial charge on any atom is -0.372 e. The van der Waals surface area contributed by atoms with Gasteiger partial charge in [-0.25, -0.2) is 0 Å². The third-order valence-corrected chi connectivity index (χ3v) is 6.45. The van der Waals surface area contributed by atoms with E-state index in [1.807, 2.05) is 0 Å². The van der Waals surface area contributed by atoms with E-state index >= 15 is 0 Å². The molecule has 1 saturated carbocycles. The number of hydrogen-bond acceptors (Lipinski definition) is 3. The summed E-state index contributed by atoms with van der Waals surface area (Å²) in [4.78, 5) is 18.0. The molecular formula is C29H38N2O. The summed E-state index contributed by atoms with van der Waals surface area (Å²) in [5.41, 5.74) is 6.55. The van der Waals surface area contributed by atoms with Crippen LogP contribution in [0.4, 0.5) is 11.4 Å². The Bertz CT molecular complexity index is 853. The zero-order chi connectivity index (χ0) is 22.9. The van der Waals surface area contributed by atoms with E-state index in [0.717, 1.165) is 74.1 Å². The zero-order valence-corrected chi connectivity index (χ0v) is 20.2. The summed E-state index contributed by atoms with van der Waals surface area (Å²) < 4.78 is 0. The first kappa shape index (κ1) is 23.8. The molecule has 2 aromatic rings. The highest BCUT2D eigenvalue weighted by Gasteiger charge is 2.19. The fourth-order valence-electron chi connectivity index (χ4n) is 4.48. The van der Waals surface area contributed by atoms with Gasteiger partial charge in [0.05, 0.1) is 0 Å². The molecule has 0 radical (unpaired) electrons. The molecule has 0 atom stereocenters. The van der Waals surface area contributed by atoms with E-state index in [2.05, 4.69) is 98.2 Å². The van der Waals surface area contributed by atoms with Crippen molar-refractivity contribution < 1.29 is 4.79 Å². The Kier molecular flexibility index (Phi) is 8.72. The number of ketones is 1. The quantitative estimate of drug-likeness (QED) is 0.333. The molecule has 0 bridgehead atoms. The second kappa shape index (κ2) is 11.7. The third kappa shape index (κ3) is 5.91. The molecule has 0 aromatic heterocycles. The maximum atomic E-state index is 13.3. The van der Waals surface area contributed by atoms with Gasteiger partial charge in [0.15, 0.2) is 5.78 Å². The van der Waals surface area contributed by atoms with Gasteiger partial charge in [0.25, 0.3) is 0 Å². The lowest BCUT2D eigenvalue weighted by atomic mass is 9.97. The van der Waals surface area contributed by atoms with Crippen molar-refractivity contribution in [2.45, 2.75) is 53.4 Å². The Morgan fingerprint density at radius 1 is 0.625 bits per heavy atom. The van der Waals surface area contributed by atoms with E-state index in [0.29, 0.717) is 0 Å². The number of allylic oxidation sites excluding steroid dienone is 2. The zero-order valence-electron chi connectivity index (χ0n) is 20.2. The summed E-state index contributed by atoms with van der Waals surface area (Å²) in [5.74, 6) is 0.211. The number of carbonyl (C=O) groups is 1. The number of carbonyl (C=O) groups excluding carboxylic acids is 1. The largest absolute Gasteiger partial charge is 0.372 e. The molecule has 0 saturated heterocycles. The van der Waals surface area contributed by atoms with Crippen molar-refractivity contribution in [1.82, 2.24) is 0 Å². The molecule has 0 amide bonds. The minimum atomic E-state index is 0.211. The van der Waals surface area contributed by atoms with Gasteiger partial charge in [-0.3, -0.25) is 4.79 Å². The van der Waals surface area contributed by atoms with E-state index in [4.69, 9.17) is 0 Å². The first-order valence-electron chi connectivity index (χ1n) is 12.2. The molecule has 0 spiro atoms. The Balaban J connectivity index is 1.80. The van der Waals surface area contributed by atoms with Crippen molar-refractivity contribution in [3.05, 3.63) is 70.8 Å². The minimum absolute atomic E-state index is 0.211. The van der Waals surface area contributed by atoms with Crippen LogP contribution in [0.25, 0.3) is 12.2 Å². The SMILES string of the molecule is CCN(CC)c1ccc(/C=C2/CCCC/C(=C\c3ccc(N(CC)CC)cc3)C2=O)cc1. The number of benzene rings is 2. The van der Waals surface area contributed by atoms with Crippen molar-refractivity contribution in [2.24, 2.45) is 0 Å². The maximum absolute atomic E-state index is 13.3. The van der Waals surface area contributed by atoms with Crippen LogP contribution < -0.4 is 9.80 Å². The van der Waals surface area contributed by atoms with Crippen molar-refractivity contribution in [3.8, 4) is 0 Å². The standard InChI is InChI=1S/C29H38N2O/c1-5-30(6-2)27-17-13-23(14-18-27)21-25-11-9-10-12-26(29(25)32)22-24-15-19-28(20-16-24)31(7-3)8-4/h13-22H,5-12H2,1-4H3/b25-21-,26-22+. The van der Waals surface area contributed by atoms with E-state index in [9.17, 15) is 4.79 Å². The number of rotatable bonds is 8. The Morgan fingerprint density at radius 2 is 0.969 bits per heavy atom. The summed E-state index contributed by atoms with van der Waals surface area (Å²) >= 11 is 0. The highest BCUT2D eigenvalue weighted by molar-refractivity contribution is 6.13.